The maximum absolute atomic E-state index is 12.9. The van der Waals surface area contributed by atoms with Crippen molar-refractivity contribution < 1.29 is 36.6 Å². The van der Waals surface area contributed by atoms with Gasteiger partial charge in [-0.05, 0) is 41.5 Å². The van der Waals surface area contributed by atoms with Crippen LogP contribution in [0.4, 0.5) is 26.3 Å². The molecule has 2 aromatic rings. The molecule has 1 aromatic carbocycles. The molecule has 0 bridgehead atoms. The molecule has 0 aliphatic rings. The second-order valence-corrected chi connectivity index (χ2v) is 5.66. The van der Waals surface area contributed by atoms with Gasteiger partial charge < -0.3 is 10.2 Å². The van der Waals surface area contributed by atoms with E-state index in [0.29, 0.717) is 12.1 Å². The summed E-state index contributed by atoms with van der Waals surface area (Å²) in [5.41, 5.74) is -3.90. The molecule has 10 heteroatoms. The first-order valence-electron chi connectivity index (χ1n) is 7.40. The average molecular weight is 390 g/mol. The molecular weight excluding hydrogens is 378 g/mol. The van der Waals surface area contributed by atoms with E-state index in [1.165, 1.54) is 30.6 Å². The Labute approximate surface area is 149 Å². The zero-order valence-electron chi connectivity index (χ0n) is 13.3. The van der Waals surface area contributed by atoms with Gasteiger partial charge in [0.05, 0.1) is 29.4 Å². The standard InChI is InChI=1S/C17H12F6N2O2/c18-16(19,20)11-5-10(6-12(7-11)17(21,22)23)15(27)13(8-24)14(26)9-1-3-25-4-2-9/h1-7,13-15,26-27H. The molecule has 0 aliphatic carbocycles. The number of aliphatic hydroxyl groups is 2. The molecule has 1 heterocycles. The minimum absolute atomic E-state index is 0.0864. The Bertz CT molecular complexity index is 798. The van der Waals surface area contributed by atoms with E-state index < -0.39 is 47.2 Å². The van der Waals surface area contributed by atoms with Gasteiger partial charge in [0.25, 0.3) is 0 Å². The lowest BCUT2D eigenvalue weighted by atomic mass is 9.87. The molecule has 4 nitrogen and oxygen atoms in total. The number of nitriles is 1. The highest BCUT2D eigenvalue weighted by atomic mass is 19.4. The van der Waals surface area contributed by atoms with Gasteiger partial charge in [-0.1, -0.05) is 0 Å². The van der Waals surface area contributed by atoms with Gasteiger partial charge in [-0.2, -0.15) is 31.6 Å². The van der Waals surface area contributed by atoms with Crippen molar-refractivity contribution in [2.45, 2.75) is 24.6 Å². The average Bonchev–Trinajstić information content (AvgIpc) is 2.61. The fraction of sp³-hybridized carbons (Fsp3) is 0.294. The number of alkyl halides is 6. The fourth-order valence-electron chi connectivity index (χ4n) is 2.44. The molecule has 1 aromatic heterocycles. The topological polar surface area (TPSA) is 77.1 Å². The third kappa shape index (κ3) is 4.75. The Morgan fingerprint density at radius 3 is 1.67 bits per heavy atom. The van der Waals surface area contributed by atoms with Crippen LogP contribution in [0, 0.1) is 17.2 Å². The van der Waals surface area contributed by atoms with Gasteiger partial charge in [0.2, 0.25) is 0 Å². The van der Waals surface area contributed by atoms with Gasteiger partial charge >= 0.3 is 12.4 Å². The van der Waals surface area contributed by atoms with Crippen LogP contribution in [-0.2, 0) is 12.4 Å². The number of halogens is 6. The van der Waals surface area contributed by atoms with Crippen LogP contribution in [0.1, 0.15) is 34.5 Å². The van der Waals surface area contributed by atoms with E-state index in [-0.39, 0.29) is 11.6 Å². The monoisotopic (exact) mass is 390 g/mol. The Kier molecular flexibility index (Phi) is 5.77. The molecule has 0 fully saturated rings. The van der Waals surface area contributed by atoms with E-state index in [2.05, 4.69) is 4.98 Å². The minimum Gasteiger partial charge on any atom is -0.387 e. The summed E-state index contributed by atoms with van der Waals surface area (Å²) in [5.74, 6) is -1.71. The lowest BCUT2D eigenvalue weighted by Crippen LogP contribution is -2.21. The molecule has 3 atom stereocenters. The minimum atomic E-state index is -5.10. The van der Waals surface area contributed by atoms with Crippen molar-refractivity contribution in [1.29, 1.82) is 5.26 Å². The van der Waals surface area contributed by atoms with Gasteiger partial charge in [0.15, 0.2) is 0 Å². The molecule has 0 radical (unpaired) electrons. The molecule has 3 unspecified atom stereocenters. The van der Waals surface area contributed by atoms with E-state index in [4.69, 9.17) is 0 Å². The van der Waals surface area contributed by atoms with E-state index in [9.17, 15) is 41.8 Å². The lowest BCUT2D eigenvalue weighted by molar-refractivity contribution is -0.143. The fourth-order valence-corrected chi connectivity index (χ4v) is 2.44. The van der Waals surface area contributed by atoms with Crippen LogP contribution in [0.3, 0.4) is 0 Å². The number of aliphatic hydroxyl groups excluding tert-OH is 2. The Morgan fingerprint density at radius 1 is 0.815 bits per heavy atom. The van der Waals surface area contributed by atoms with Gasteiger partial charge in [0, 0.05) is 12.4 Å². The number of pyridine rings is 1. The summed E-state index contributed by atoms with van der Waals surface area (Å²) < 4.78 is 77.6. The van der Waals surface area contributed by atoms with Crippen molar-refractivity contribution >= 4 is 0 Å². The maximum atomic E-state index is 12.9. The predicted octanol–water partition coefficient (Wildman–Crippen LogP) is 4.03. The molecule has 0 spiro atoms. The second-order valence-electron chi connectivity index (χ2n) is 5.66. The van der Waals surface area contributed by atoms with Crippen LogP contribution in [0.2, 0.25) is 0 Å². The molecule has 27 heavy (non-hydrogen) atoms. The highest BCUT2D eigenvalue weighted by Gasteiger charge is 2.39. The van der Waals surface area contributed by atoms with Crippen LogP contribution in [0.25, 0.3) is 0 Å². The predicted molar refractivity (Wildman–Crippen MR) is 79.7 cm³/mol. The number of nitrogens with zero attached hydrogens (tertiary/aromatic N) is 2. The molecule has 0 saturated heterocycles. The molecule has 0 amide bonds. The van der Waals surface area contributed by atoms with Crippen molar-refractivity contribution in [2.75, 3.05) is 0 Å². The van der Waals surface area contributed by atoms with E-state index in [1.807, 2.05) is 0 Å². The zero-order valence-corrected chi connectivity index (χ0v) is 13.3. The molecule has 144 valence electrons. The Morgan fingerprint density at radius 2 is 1.26 bits per heavy atom. The molecule has 0 aliphatic heterocycles. The van der Waals surface area contributed by atoms with Gasteiger partial charge in [-0.25, -0.2) is 0 Å². The smallest absolute Gasteiger partial charge is 0.387 e. The molecular formula is C17H12F6N2O2. The SMILES string of the molecule is N#CC(C(O)c1ccncc1)C(O)c1cc(C(F)(F)F)cc(C(F)(F)F)c1. The first kappa shape index (κ1) is 20.7. The van der Waals surface area contributed by atoms with Crippen molar-refractivity contribution in [3.05, 3.63) is 65.0 Å². The van der Waals surface area contributed by atoms with Crippen molar-refractivity contribution in [3.8, 4) is 6.07 Å². The summed E-state index contributed by atoms with van der Waals surface area (Å²) in [7, 11) is 0. The number of benzene rings is 1. The van der Waals surface area contributed by atoms with E-state index in [0.717, 1.165) is 0 Å². The Balaban J connectivity index is 2.50. The van der Waals surface area contributed by atoms with Gasteiger partial charge in [-0.3, -0.25) is 4.98 Å². The van der Waals surface area contributed by atoms with E-state index >= 15 is 0 Å². The van der Waals surface area contributed by atoms with Crippen LogP contribution >= 0.6 is 0 Å². The number of aromatic nitrogens is 1. The maximum Gasteiger partial charge on any atom is 0.416 e. The summed E-state index contributed by atoms with van der Waals surface area (Å²) in [6.45, 7) is 0. The van der Waals surface area contributed by atoms with E-state index in [1.54, 1.807) is 0 Å². The highest BCUT2D eigenvalue weighted by molar-refractivity contribution is 5.36. The summed E-state index contributed by atoms with van der Waals surface area (Å²) in [6.07, 6.45) is -11.4. The van der Waals surface area contributed by atoms with Crippen molar-refractivity contribution in [2.24, 2.45) is 5.92 Å². The summed E-state index contributed by atoms with van der Waals surface area (Å²) >= 11 is 0. The largest absolute Gasteiger partial charge is 0.416 e. The van der Waals surface area contributed by atoms with Crippen LogP contribution in [-0.4, -0.2) is 15.2 Å². The molecule has 2 N–H and O–H groups in total. The summed E-state index contributed by atoms with van der Waals surface area (Å²) in [4.78, 5) is 3.69. The quantitative estimate of drug-likeness (QED) is 0.773. The number of hydrogen-bond donors (Lipinski definition) is 2. The normalized spacial score (nSPS) is 15.7. The van der Waals surface area contributed by atoms with Crippen LogP contribution in [0.5, 0.6) is 0 Å². The Hall–Kier alpha value is -2.64. The van der Waals surface area contributed by atoms with Crippen LogP contribution in [0.15, 0.2) is 42.7 Å². The third-order valence-electron chi connectivity index (χ3n) is 3.83. The zero-order chi connectivity index (χ0) is 20.4. The first-order chi connectivity index (χ1) is 12.4. The molecule has 2 rings (SSSR count). The first-order valence-corrected chi connectivity index (χ1v) is 7.40. The van der Waals surface area contributed by atoms with Crippen molar-refractivity contribution in [3.63, 3.8) is 0 Å². The number of hydrogen-bond acceptors (Lipinski definition) is 4. The summed E-state index contributed by atoms with van der Waals surface area (Å²) in [6, 6.07) is 4.69. The van der Waals surface area contributed by atoms with Crippen LogP contribution < -0.4 is 0 Å². The molecule has 0 saturated carbocycles. The number of rotatable bonds is 4. The van der Waals surface area contributed by atoms with Crippen molar-refractivity contribution in [1.82, 2.24) is 4.98 Å². The second kappa shape index (κ2) is 7.54. The highest BCUT2D eigenvalue weighted by Crippen LogP contribution is 2.40. The third-order valence-corrected chi connectivity index (χ3v) is 3.83. The summed E-state index contributed by atoms with van der Waals surface area (Å²) in [5, 5.41) is 29.7. The van der Waals surface area contributed by atoms with Gasteiger partial charge in [0.1, 0.15) is 5.92 Å². The van der Waals surface area contributed by atoms with Gasteiger partial charge in [-0.15, -0.1) is 0 Å². The lowest BCUT2D eigenvalue weighted by Gasteiger charge is -2.24.